The SMILES string of the molecule is CC(C)(C#CCN)OC(=O)C(O)c1ccccc1C1CCCCC1. The molecule has 24 heavy (non-hydrogen) atoms. The number of rotatable bonds is 4. The van der Waals surface area contributed by atoms with Gasteiger partial charge in [0, 0.05) is 0 Å². The van der Waals surface area contributed by atoms with Crippen molar-refractivity contribution in [2.75, 3.05) is 6.54 Å². The predicted molar refractivity (Wildman–Crippen MR) is 94.2 cm³/mol. The van der Waals surface area contributed by atoms with Crippen LogP contribution >= 0.6 is 0 Å². The number of aliphatic hydroxyl groups is 1. The molecule has 1 aliphatic carbocycles. The number of benzene rings is 1. The maximum Gasteiger partial charge on any atom is 0.341 e. The molecule has 1 aliphatic rings. The van der Waals surface area contributed by atoms with Gasteiger partial charge in [-0.25, -0.2) is 4.79 Å². The lowest BCUT2D eigenvalue weighted by molar-refractivity contribution is -0.162. The number of ether oxygens (including phenoxy) is 1. The van der Waals surface area contributed by atoms with Gasteiger partial charge in [0.05, 0.1) is 6.54 Å². The first kappa shape index (κ1) is 18.5. The van der Waals surface area contributed by atoms with E-state index in [1.807, 2.05) is 24.3 Å². The van der Waals surface area contributed by atoms with Gasteiger partial charge in [0.1, 0.15) is 0 Å². The minimum Gasteiger partial charge on any atom is -0.444 e. The van der Waals surface area contributed by atoms with E-state index in [1.54, 1.807) is 13.8 Å². The Labute approximate surface area is 144 Å². The molecule has 0 amide bonds. The molecule has 0 bridgehead atoms. The molecule has 0 spiro atoms. The Bertz CT molecular complexity index is 621. The normalized spacial score (nSPS) is 16.8. The van der Waals surface area contributed by atoms with Gasteiger partial charge < -0.3 is 15.6 Å². The van der Waals surface area contributed by atoms with Crippen LogP contribution in [0.4, 0.5) is 0 Å². The van der Waals surface area contributed by atoms with Gasteiger partial charge in [0.15, 0.2) is 11.7 Å². The van der Waals surface area contributed by atoms with Crippen LogP contribution in [0.3, 0.4) is 0 Å². The molecule has 2 rings (SSSR count). The van der Waals surface area contributed by atoms with Crippen LogP contribution in [0.25, 0.3) is 0 Å². The molecule has 1 atom stereocenters. The summed E-state index contributed by atoms with van der Waals surface area (Å²) in [5.74, 6) is 5.23. The molecule has 0 aliphatic heterocycles. The van der Waals surface area contributed by atoms with Gasteiger partial charge in [-0.2, -0.15) is 0 Å². The van der Waals surface area contributed by atoms with Gasteiger partial charge in [-0.15, -0.1) is 0 Å². The van der Waals surface area contributed by atoms with Crippen LogP contribution in [0.1, 0.15) is 69.1 Å². The molecule has 0 radical (unpaired) electrons. The van der Waals surface area contributed by atoms with E-state index in [0.29, 0.717) is 11.5 Å². The summed E-state index contributed by atoms with van der Waals surface area (Å²) in [6, 6.07) is 7.63. The lowest BCUT2D eigenvalue weighted by Crippen LogP contribution is -2.30. The Balaban J connectivity index is 2.17. The number of aliphatic hydroxyl groups excluding tert-OH is 1. The van der Waals surface area contributed by atoms with Crippen molar-refractivity contribution >= 4 is 5.97 Å². The van der Waals surface area contributed by atoms with E-state index in [2.05, 4.69) is 11.8 Å². The maximum atomic E-state index is 12.4. The Morgan fingerprint density at radius 3 is 2.67 bits per heavy atom. The number of hydrogen-bond donors (Lipinski definition) is 2. The molecule has 1 aromatic rings. The third kappa shape index (κ3) is 4.83. The number of carbonyl (C=O) groups excluding carboxylic acids is 1. The van der Waals surface area contributed by atoms with Crippen LogP contribution in [-0.4, -0.2) is 23.2 Å². The summed E-state index contributed by atoms with van der Waals surface area (Å²) in [5.41, 5.74) is 6.09. The molecule has 4 nitrogen and oxygen atoms in total. The third-order valence-electron chi connectivity index (χ3n) is 4.41. The van der Waals surface area contributed by atoms with E-state index in [4.69, 9.17) is 10.5 Å². The van der Waals surface area contributed by atoms with E-state index >= 15 is 0 Å². The molecule has 3 N–H and O–H groups in total. The second-order valence-electron chi connectivity index (χ2n) is 6.80. The highest BCUT2D eigenvalue weighted by Gasteiger charge is 2.29. The summed E-state index contributed by atoms with van der Waals surface area (Å²) in [6.07, 6.45) is 4.57. The zero-order chi connectivity index (χ0) is 17.6. The van der Waals surface area contributed by atoms with Crippen molar-refractivity contribution in [3.63, 3.8) is 0 Å². The van der Waals surface area contributed by atoms with Crippen LogP contribution in [0.2, 0.25) is 0 Å². The number of carbonyl (C=O) groups is 1. The Hall–Kier alpha value is -1.83. The van der Waals surface area contributed by atoms with Gasteiger partial charge in [-0.05, 0) is 43.7 Å². The van der Waals surface area contributed by atoms with Crippen LogP contribution < -0.4 is 5.73 Å². The van der Waals surface area contributed by atoms with Crippen molar-refractivity contribution < 1.29 is 14.6 Å². The maximum absolute atomic E-state index is 12.4. The number of nitrogens with two attached hydrogens (primary N) is 1. The Morgan fingerprint density at radius 1 is 1.33 bits per heavy atom. The predicted octanol–water partition coefficient (Wildman–Crippen LogP) is 3.05. The van der Waals surface area contributed by atoms with Crippen LogP contribution in [-0.2, 0) is 9.53 Å². The lowest BCUT2D eigenvalue weighted by Gasteiger charge is -2.26. The largest absolute Gasteiger partial charge is 0.444 e. The summed E-state index contributed by atoms with van der Waals surface area (Å²) in [5, 5.41) is 10.5. The minimum atomic E-state index is -1.29. The fourth-order valence-electron chi connectivity index (χ4n) is 3.27. The standard InChI is InChI=1S/C20H27NO3/c1-20(2,13-8-14-21)24-19(23)18(22)17-12-7-6-11-16(17)15-9-4-3-5-10-15/h6-7,11-12,15,18,22H,3-5,9-10,14,21H2,1-2H3. The van der Waals surface area contributed by atoms with E-state index in [1.165, 1.54) is 19.3 Å². The van der Waals surface area contributed by atoms with Crippen molar-refractivity contribution in [2.24, 2.45) is 5.73 Å². The molecular weight excluding hydrogens is 302 g/mol. The fraction of sp³-hybridized carbons (Fsp3) is 0.550. The monoisotopic (exact) mass is 329 g/mol. The van der Waals surface area contributed by atoms with E-state index in [9.17, 15) is 9.90 Å². The molecular formula is C20H27NO3. The summed E-state index contributed by atoms with van der Waals surface area (Å²) in [4.78, 5) is 12.4. The summed E-state index contributed by atoms with van der Waals surface area (Å²) in [6.45, 7) is 3.58. The third-order valence-corrected chi connectivity index (χ3v) is 4.41. The first-order valence-electron chi connectivity index (χ1n) is 8.64. The van der Waals surface area contributed by atoms with Crippen molar-refractivity contribution in [3.8, 4) is 11.8 Å². The van der Waals surface area contributed by atoms with E-state index in [0.717, 1.165) is 18.4 Å². The average Bonchev–Trinajstić information content (AvgIpc) is 2.59. The van der Waals surface area contributed by atoms with Crippen molar-refractivity contribution in [3.05, 3.63) is 35.4 Å². The van der Waals surface area contributed by atoms with Crippen molar-refractivity contribution in [1.82, 2.24) is 0 Å². The molecule has 130 valence electrons. The lowest BCUT2D eigenvalue weighted by atomic mass is 9.81. The highest BCUT2D eigenvalue weighted by atomic mass is 16.6. The molecule has 0 saturated heterocycles. The summed E-state index contributed by atoms with van der Waals surface area (Å²) >= 11 is 0. The minimum absolute atomic E-state index is 0.202. The van der Waals surface area contributed by atoms with E-state index < -0.39 is 17.7 Å². The van der Waals surface area contributed by atoms with Crippen LogP contribution in [0.5, 0.6) is 0 Å². The molecule has 0 aromatic heterocycles. The first-order valence-corrected chi connectivity index (χ1v) is 8.64. The highest BCUT2D eigenvalue weighted by molar-refractivity contribution is 5.77. The van der Waals surface area contributed by atoms with Gasteiger partial charge in [-0.1, -0.05) is 55.4 Å². The Morgan fingerprint density at radius 2 is 2.00 bits per heavy atom. The highest BCUT2D eigenvalue weighted by Crippen LogP contribution is 2.36. The average molecular weight is 329 g/mol. The second-order valence-corrected chi connectivity index (χ2v) is 6.80. The summed E-state index contributed by atoms with van der Waals surface area (Å²) in [7, 11) is 0. The fourth-order valence-corrected chi connectivity index (χ4v) is 3.27. The quantitative estimate of drug-likeness (QED) is 0.658. The molecule has 1 unspecified atom stereocenters. The summed E-state index contributed by atoms with van der Waals surface area (Å²) < 4.78 is 5.38. The molecule has 1 fully saturated rings. The van der Waals surface area contributed by atoms with Gasteiger partial charge in [-0.3, -0.25) is 0 Å². The zero-order valence-corrected chi connectivity index (χ0v) is 14.5. The Kier molecular flexibility index (Phi) is 6.42. The zero-order valence-electron chi connectivity index (χ0n) is 14.5. The molecule has 1 saturated carbocycles. The van der Waals surface area contributed by atoms with Crippen molar-refractivity contribution in [1.29, 1.82) is 0 Å². The van der Waals surface area contributed by atoms with Gasteiger partial charge in [0.25, 0.3) is 0 Å². The van der Waals surface area contributed by atoms with Crippen molar-refractivity contribution in [2.45, 2.75) is 63.6 Å². The van der Waals surface area contributed by atoms with Crippen LogP contribution in [0.15, 0.2) is 24.3 Å². The molecule has 0 heterocycles. The van der Waals surface area contributed by atoms with E-state index in [-0.39, 0.29) is 6.54 Å². The number of esters is 1. The smallest absolute Gasteiger partial charge is 0.341 e. The van der Waals surface area contributed by atoms with Gasteiger partial charge in [0.2, 0.25) is 0 Å². The topological polar surface area (TPSA) is 72.5 Å². The van der Waals surface area contributed by atoms with Crippen LogP contribution in [0, 0.1) is 11.8 Å². The molecule has 1 aromatic carbocycles. The second kappa shape index (κ2) is 8.32. The number of hydrogen-bond acceptors (Lipinski definition) is 4. The molecule has 4 heteroatoms. The first-order chi connectivity index (χ1) is 11.4. The van der Waals surface area contributed by atoms with Gasteiger partial charge >= 0.3 is 5.97 Å².